The fourth-order valence-corrected chi connectivity index (χ4v) is 1.98. The number of hydrogen-bond donors (Lipinski definition) is 1. The molecule has 0 amide bonds. The normalized spacial score (nSPS) is 23.9. The SMILES string of the molecule is CCCCOC(=O)CN1CC(O)CC1C(=O)OC. The van der Waals surface area contributed by atoms with E-state index in [0.717, 1.165) is 12.8 Å². The smallest absolute Gasteiger partial charge is 0.323 e. The first-order chi connectivity index (χ1) is 8.58. The monoisotopic (exact) mass is 259 g/mol. The molecular weight excluding hydrogens is 238 g/mol. The van der Waals surface area contributed by atoms with Crippen LogP contribution in [0.15, 0.2) is 0 Å². The summed E-state index contributed by atoms with van der Waals surface area (Å²) in [5, 5.41) is 9.54. The molecule has 1 rings (SSSR count). The Balaban J connectivity index is 2.43. The van der Waals surface area contributed by atoms with Crippen molar-refractivity contribution in [2.24, 2.45) is 0 Å². The number of aliphatic hydroxyl groups is 1. The van der Waals surface area contributed by atoms with E-state index in [1.807, 2.05) is 6.92 Å². The van der Waals surface area contributed by atoms with Crippen LogP contribution in [-0.2, 0) is 19.1 Å². The van der Waals surface area contributed by atoms with Gasteiger partial charge >= 0.3 is 11.9 Å². The van der Waals surface area contributed by atoms with Crippen molar-refractivity contribution in [3.8, 4) is 0 Å². The number of β-amino-alcohol motifs (C(OH)–C–C–N with tert-alkyl or cyclic N) is 1. The predicted molar refractivity (Wildman–Crippen MR) is 63.9 cm³/mol. The lowest BCUT2D eigenvalue weighted by Crippen LogP contribution is -2.40. The van der Waals surface area contributed by atoms with E-state index in [9.17, 15) is 14.7 Å². The van der Waals surface area contributed by atoms with Crippen LogP contribution in [0.1, 0.15) is 26.2 Å². The molecule has 2 atom stereocenters. The number of aliphatic hydroxyl groups excluding tert-OH is 1. The van der Waals surface area contributed by atoms with Gasteiger partial charge in [-0.05, 0) is 6.42 Å². The van der Waals surface area contributed by atoms with E-state index in [4.69, 9.17) is 4.74 Å². The molecule has 104 valence electrons. The Morgan fingerprint density at radius 2 is 2.17 bits per heavy atom. The lowest BCUT2D eigenvalue weighted by atomic mass is 10.2. The second-order valence-electron chi connectivity index (χ2n) is 4.43. The van der Waals surface area contributed by atoms with Gasteiger partial charge in [0.15, 0.2) is 0 Å². The van der Waals surface area contributed by atoms with Crippen molar-refractivity contribution in [2.75, 3.05) is 26.8 Å². The van der Waals surface area contributed by atoms with Gasteiger partial charge in [0.1, 0.15) is 6.04 Å². The first-order valence-electron chi connectivity index (χ1n) is 6.24. The van der Waals surface area contributed by atoms with Crippen LogP contribution in [-0.4, -0.2) is 60.9 Å². The van der Waals surface area contributed by atoms with Crippen LogP contribution < -0.4 is 0 Å². The Kier molecular flexibility index (Phi) is 6.07. The van der Waals surface area contributed by atoms with Crippen LogP contribution >= 0.6 is 0 Å². The van der Waals surface area contributed by atoms with Crippen molar-refractivity contribution in [2.45, 2.75) is 38.3 Å². The average molecular weight is 259 g/mol. The zero-order valence-corrected chi connectivity index (χ0v) is 10.9. The van der Waals surface area contributed by atoms with E-state index in [-0.39, 0.29) is 12.5 Å². The lowest BCUT2D eigenvalue weighted by Gasteiger charge is -2.20. The minimum atomic E-state index is -0.599. The number of carbonyl (C=O) groups is 2. The zero-order valence-electron chi connectivity index (χ0n) is 10.9. The molecular formula is C12H21NO5. The Hall–Kier alpha value is -1.14. The number of esters is 2. The van der Waals surface area contributed by atoms with E-state index in [1.54, 1.807) is 4.90 Å². The molecule has 0 spiro atoms. The standard InChI is InChI=1S/C12H21NO5/c1-3-4-5-18-11(15)8-13-7-9(14)6-10(13)12(16)17-2/h9-10,14H,3-8H2,1-2H3. The first kappa shape index (κ1) is 14.9. The van der Waals surface area contributed by atoms with Crippen molar-refractivity contribution in [3.63, 3.8) is 0 Å². The number of unbranched alkanes of at least 4 members (excludes halogenated alkanes) is 1. The third-order valence-corrected chi connectivity index (χ3v) is 2.95. The molecule has 0 aromatic rings. The molecule has 1 heterocycles. The molecule has 0 saturated carbocycles. The van der Waals surface area contributed by atoms with Crippen LogP contribution in [0, 0.1) is 0 Å². The number of nitrogens with zero attached hydrogens (tertiary/aromatic N) is 1. The highest BCUT2D eigenvalue weighted by Gasteiger charge is 2.37. The zero-order chi connectivity index (χ0) is 13.5. The highest BCUT2D eigenvalue weighted by molar-refractivity contribution is 5.78. The summed E-state index contributed by atoms with van der Waals surface area (Å²) in [4.78, 5) is 24.6. The van der Waals surface area contributed by atoms with E-state index in [0.29, 0.717) is 19.6 Å². The van der Waals surface area contributed by atoms with Gasteiger partial charge in [0.05, 0.1) is 26.4 Å². The summed E-state index contributed by atoms with van der Waals surface area (Å²) in [6.45, 7) is 2.72. The van der Waals surface area contributed by atoms with E-state index >= 15 is 0 Å². The largest absolute Gasteiger partial charge is 0.468 e. The molecule has 0 aromatic carbocycles. The van der Waals surface area contributed by atoms with E-state index in [2.05, 4.69) is 4.74 Å². The molecule has 6 heteroatoms. The van der Waals surface area contributed by atoms with Gasteiger partial charge < -0.3 is 14.6 Å². The maximum atomic E-state index is 11.5. The van der Waals surface area contributed by atoms with Gasteiger partial charge in [0.25, 0.3) is 0 Å². The van der Waals surface area contributed by atoms with Gasteiger partial charge in [-0.2, -0.15) is 0 Å². The number of rotatable bonds is 6. The number of hydrogen-bond acceptors (Lipinski definition) is 6. The summed E-state index contributed by atoms with van der Waals surface area (Å²) in [5.74, 6) is -0.792. The Morgan fingerprint density at radius 1 is 1.44 bits per heavy atom. The van der Waals surface area contributed by atoms with Crippen molar-refractivity contribution >= 4 is 11.9 Å². The summed E-state index contributed by atoms with van der Waals surface area (Å²) in [7, 11) is 1.30. The maximum Gasteiger partial charge on any atom is 0.323 e. The summed E-state index contributed by atoms with van der Waals surface area (Å²) >= 11 is 0. The summed E-state index contributed by atoms with van der Waals surface area (Å²) < 4.78 is 9.68. The highest BCUT2D eigenvalue weighted by atomic mass is 16.5. The van der Waals surface area contributed by atoms with Crippen LogP contribution in [0.4, 0.5) is 0 Å². The van der Waals surface area contributed by atoms with Crippen molar-refractivity contribution in [1.29, 1.82) is 0 Å². The summed E-state index contributed by atoms with van der Waals surface area (Å²) in [5.41, 5.74) is 0. The molecule has 1 aliphatic heterocycles. The Bertz CT molecular complexity index is 294. The van der Waals surface area contributed by atoms with Crippen LogP contribution in [0.25, 0.3) is 0 Å². The van der Waals surface area contributed by atoms with Gasteiger partial charge in [0.2, 0.25) is 0 Å². The van der Waals surface area contributed by atoms with Gasteiger partial charge in [-0.15, -0.1) is 0 Å². The second kappa shape index (κ2) is 7.33. The van der Waals surface area contributed by atoms with Crippen molar-refractivity contribution in [1.82, 2.24) is 4.90 Å². The lowest BCUT2D eigenvalue weighted by molar-refractivity contribution is -0.149. The van der Waals surface area contributed by atoms with Crippen molar-refractivity contribution in [3.05, 3.63) is 0 Å². The quantitative estimate of drug-likeness (QED) is 0.532. The number of carbonyl (C=O) groups excluding carboxylic acids is 2. The third-order valence-electron chi connectivity index (χ3n) is 2.95. The van der Waals surface area contributed by atoms with Gasteiger partial charge in [-0.3, -0.25) is 14.5 Å². The van der Waals surface area contributed by atoms with Crippen LogP contribution in [0.3, 0.4) is 0 Å². The topological polar surface area (TPSA) is 76.1 Å². The molecule has 1 fully saturated rings. The molecule has 0 aromatic heterocycles. The van der Waals surface area contributed by atoms with Crippen LogP contribution in [0.5, 0.6) is 0 Å². The molecule has 6 nitrogen and oxygen atoms in total. The Morgan fingerprint density at radius 3 is 2.78 bits per heavy atom. The molecule has 18 heavy (non-hydrogen) atoms. The summed E-state index contributed by atoms with van der Waals surface area (Å²) in [6, 6.07) is -0.552. The molecule has 0 bridgehead atoms. The second-order valence-corrected chi connectivity index (χ2v) is 4.43. The minimum Gasteiger partial charge on any atom is -0.468 e. The fraction of sp³-hybridized carbons (Fsp3) is 0.833. The number of ether oxygens (including phenoxy) is 2. The number of methoxy groups -OCH3 is 1. The predicted octanol–water partition coefficient (Wildman–Crippen LogP) is -0.0621. The average Bonchev–Trinajstić information content (AvgIpc) is 2.69. The first-order valence-corrected chi connectivity index (χ1v) is 6.24. The molecule has 2 unspecified atom stereocenters. The summed E-state index contributed by atoms with van der Waals surface area (Å²) in [6.07, 6.45) is 1.49. The van der Waals surface area contributed by atoms with Crippen molar-refractivity contribution < 1.29 is 24.2 Å². The third kappa shape index (κ3) is 4.27. The van der Waals surface area contributed by atoms with Gasteiger partial charge in [-0.1, -0.05) is 13.3 Å². The molecule has 1 saturated heterocycles. The van der Waals surface area contributed by atoms with Gasteiger partial charge in [-0.25, -0.2) is 0 Å². The van der Waals surface area contributed by atoms with E-state index < -0.39 is 18.1 Å². The number of likely N-dealkylation sites (tertiary alicyclic amines) is 1. The maximum absolute atomic E-state index is 11.5. The van der Waals surface area contributed by atoms with Crippen LogP contribution in [0.2, 0.25) is 0 Å². The molecule has 1 N–H and O–H groups in total. The van der Waals surface area contributed by atoms with E-state index in [1.165, 1.54) is 7.11 Å². The minimum absolute atomic E-state index is 0.0144. The molecule has 0 aliphatic carbocycles. The fourth-order valence-electron chi connectivity index (χ4n) is 1.98. The highest BCUT2D eigenvalue weighted by Crippen LogP contribution is 2.18. The Labute approximate surface area is 107 Å². The molecule has 0 radical (unpaired) electrons. The van der Waals surface area contributed by atoms with Gasteiger partial charge in [0, 0.05) is 13.0 Å². The molecule has 1 aliphatic rings.